The molecule has 0 radical (unpaired) electrons. The van der Waals surface area contributed by atoms with Crippen LogP contribution in [0.2, 0.25) is 0 Å². The Morgan fingerprint density at radius 2 is 1.86 bits per heavy atom. The van der Waals surface area contributed by atoms with Crippen molar-refractivity contribution in [2.75, 3.05) is 25.6 Å². The zero-order valence-electron chi connectivity index (χ0n) is 13.0. The van der Waals surface area contributed by atoms with E-state index in [-0.39, 0.29) is 11.6 Å². The number of ether oxygens (including phenoxy) is 1. The SMILES string of the molecule is COCCNC(=O)c1ccc(Nc2cc(C)cc(C)c2)nn1. The number of amides is 1. The second kappa shape index (κ2) is 7.51. The minimum Gasteiger partial charge on any atom is -0.383 e. The Bertz CT molecular complexity index is 621. The van der Waals surface area contributed by atoms with Crippen molar-refractivity contribution in [3.05, 3.63) is 47.2 Å². The lowest BCUT2D eigenvalue weighted by Crippen LogP contribution is -2.27. The predicted molar refractivity (Wildman–Crippen MR) is 85.4 cm³/mol. The van der Waals surface area contributed by atoms with E-state index < -0.39 is 0 Å². The fourth-order valence-corrected chi connectivity index (χ4v) is 2.07. The zero-order chi connectivity index (χ0) is 15.9. The van der Waals surface area contributed by atoms with Crippen LogP contribution in [0.25, 0.3) is 0 Å². The summed E-state index contributed by atoms with van der Waals surface area (Å²) < 4.78 is 4.87. The van der Waals surface area contributed by atoms with Crippen LogP contribution in [0.4, 0.5) is 11.5 Å². The van der Waals surface area contributed by atoms with Crippen molar-refractivity contribution in [2.24, 2.45) is 0 Å². The summed E-state index contributed by atoms with van der Waals surface area (Å²) >= 11 is 0. The van der Waals surface area contributed by atoms with Gasteiger partial charge in [0.1, 0.15) is 0 Å². The Morgan fingerprint density at radius 1 is 1.14 bits per heavy atom. The Morgan fingerprint density at radius 3 is 2.45 bits per heavy atom. The van der Waals surface area contributed by atoms with Crippen molar-refractivity contribution in [1.82, 2.24) is 15.5 Å². The summed E-state index contributed by atoms with van der Waals surface area (Å²) in [7, 11) is 1.58. The number of benzene rings is 1. The maximum atomic E-state index is 11.8. The number of hydrogen-bond acceptors (Lipinski definition) is 5. The van der Waals surface area contributed by atoms with Gasteiger partial charge in [-0.15, -0.1) is 10.2 Å². The fourth-order valence-electron chi connectivity index (χ4n) is 2.07. The van der Waals surface area contributed by atoms with Crippen LogP contribution in [-0.2, 0) is 4.74 Å². The third kappa shape index (κ3) is 4.53. The number of carbonyl (C=O) groups is 1. The summed E-state index contributed by atoms with van der Waals surface area (Å²) in [5.74, 6) is 0.334. The maximum Gasteiger partial charge on any atom is 0.271 e. The molecule has 116 valence electrons. The van der Waals surface area contributed by atoms with E-state index in [2.05, 4.69) is 26.9 Å². The lowest BCUT2D eigenvalue weighted by atomic mass is 10.1. The molecule has 0 saturated carbocycles. The second-order valence-electron chi connectivity index (χ2n) is 5.05. The van der Waals surface area contributed by atoms with E-state index >= 15 is 0 Å². The molecule has 1 heterocycles. The Balaban J connectivity index is 2.01. The standard InChI is InChI=1S/C16H20N4O2/c1-11-8-12(2)10-13(9-11)18-15-5-4-14(19-20-15)16(21)17-6-7-22-3/h4-5,8-10H,6-7H2,1-3H3,(H,17,21)(H,18,20). The molecule has 2 N–H and O–H groups in total. The molecule has 1 amide bonds. The molecule has 0 unspecified atom stereocenters. The molecule has 1 aromatic heterocycles. The van der Waals surface area contributed by atoms with Gasteiger partial charge in [0.2, 0.25) is 0 Å². The number of nitrogens with zero attached hydrogens (tertiary/aromatic N) is 2. The van der Waals surface area contributed by atoms with Crippen LogP contribution in [-0.4, -0.2) is 36.4 Å². The quantitative estimate of drug-likeness (QED) is 0.800. The molecule has 0 aliphatic heterocycles. The zero-order valence-corrected chi connectivity index (χ0v) is 13.0. The summed E-state index contributed by atoms with van der Waals surface area (Å²) in [6.45, 7) is 4.99. The molecule has 6 nitrogen and oxygen atoms in total. The molecule has 0 saturated heterocycles. The number of anilines is 2. The molecule has 6 heteroatoms. The molecule has 2 rings (SSSR count). The van der Waals surface area contributed by atoms with Gasteiger partial charge in [-0.25, -0.2) is 0 Å². The average molecular weight is 300 g/mol. The van der Waals surface area contributed by atoms with Crippen LogP contribution in [0.3, 0.4) is 0 Å². The van der Waals surface area contributed by atoms with Gasteiger partial charge in [-0.05, 0) is 49.2 Å². The number of hydrogen-bond donors (Lipinski definition) is 2. The van der Waals surface area contributed by atoms with Crippen molar-refractivity contribution in [3.8, 4) is 0 Å². The van der Waals surface area contributed by atoms with E-state index in [1.165, 1.54) is 11.1 Å². The highest BCUT2D eigenvalue weighted by Crippen LogP contribution is 2.17. The maximum absolute atomic E-state index is 11.8. The Labute approximate surface area is 129 Å². The van der Waals surface area contributed by atoms with E-state index in [1.54, 1.807) is 19.2 Å². The van der Waals surface area contributed by atoms with Gasteiger partial charge < -0.3 is 15.4 Å². The topological polar surface area (TPSA) is 76.1 Å². The molecule has 0 aliphatic carbocycles. The normalized spacial score (nSPS) is 10.3. The number of nitrogens with one attached hydrogen (secondary N) is 2. The van der Waals surface area contributed by atoms with E-state index in [1.807, 2.05) is 26.0 Å². The molecule has 0 bridgehead atoms. The monoisotopic (exact) mass is 300 g/mol. The van der Waals surface area contributed by atoms with Crippen LogP contribution < -0.4 is 10.6 Å². The second-order valence-corrected chi connectivity index (χ2v) is 5.05. The van der Waals surface area contributed by atoms with E-state index in [0.29, 0.717) is 19.0 Å². The number of aryl methyl sites for hydroxylation is 2. The highest BCUT2D eigenvalue weighted by Gasteiger charge is 2.07. The number of carbonyl (C=O) groups excluding carboxylic acids is 1. The largest absolute Gasteiger partial charge is 0.383 e. The van der Waals surface area contributed by atoms with Gasteiger partial charge in [-0.2, -0.15) is 0 Å². The van der Waals surface area contributed by atoms with Gasteiger partial charge >= 0.3 is 0 Å². The highest BCUT2D eigenvalue weighted by atomic mass is 16.5. The van der Waals surface area contributed by atoms with Crippen molar-refractivity contribution in [3.63, 3.8) is 0 Å². The first kappa shape index (κ1) is 15.9. The Hall–Kier alpha value is -2.47. The average Bonchev–Trinajstić information content (AvgIpc) is 2.47. The lowest BCUT2D eigenvalue weighted by molar-refractivity contribution is 0.0931. The van der Waals surface area contributed by atoms with Crippen LogP contribution in [0, 0.1) is 13.8 Å². The van der Waals surface area contributed by atoms with Gasteiger partial charge in [-0.1, -0.05) is 6.07 Å². The third-order valence-corrected chi connectivity index (χ3v) is 2.98. The molecule has 0 aliphatic rings. The van der Waals surface area contributed by atoms with Crippen molar-refractivity contribution in [2.45, 2.75) is 13.8 Å². The molecule has 0 atom stereocenters. The Kier molecular flexibility index (Phi) is 5.43. The molecule has 0 fully saturated rings. The van der Waals surface area contributed by atoms with E-state index in [9.17, 15) is 4.79 Å². The molecule has 2 aromatic rings. The lowest BCUT2D eigenvalue weighted by Gasteiger charge is -2.08. The molecular formula is C16H20N4O2. The van der Waals surface area contributed by atoms with Crippen LogP contribution in [0.5, 0.6) is 0 Å². The van der Waals surface area contributed by atoms with Crippen molar-refractivity contribution >= 4 is 17.4 Å². The van der Waals surface area contributed by atoms with Crippen LogP contribution >= 0.6 is 0 Å². The summed E-state index contributed by atoms with van der Waals surface area (Å²) in [6.07, 6.45) is 0. The van der Waals surface area contributed by atoms with Gasteiger partial charge in [0, 0.05) is 19.3 Å². The first-order valence-corrected chi connectivity index (χ1v) is 7.04. The summed E-state index contributed by atoms with van der Waals surface area (Å²) in [5.41, 5.74) is 3.57. The van der Waals surface area contributed by atoms with E-state index in [0.717, 1.165) is 5.69 Å². The van der Waals surface area contributed by atoms with Crippen LogP contribution in [0.15, 0.2) is 30.3 Å². The summed E-state index contributed by atoms with van der Waals surface area (Å²) in [4.78, 5) is 11.8. The van der Waals surface area contributed by atoms with E-state index in [4.69, 9.17) is 4.74 Å². The fraction of sp³-hybridized carbons (Fsp3) is 0.312. The minimum absolute atomic E-state index is 0.262. The molecule has 0 spiro atoms. The first-order chi connectivity index (χ1) is 10.6. The third-order valence-electron chi connectivity index (χ3n) is 2.98. The first-order valence-electron chi connectivity index (χ1n) is 7.04. The van der Waals surface area contributed by atoms with Gasteiger partial charge in [0.15, 0.2) is 11.5 Å². The molecular weight excluding hydrogens is 280 g/mol. The number of rotatable bonds is 6. The van der Waals surface area contributed by atoms with Crippen molar-refractivity contribution in [1.29, 1.82) is 0 Å². The summed E-state index contributed by atoms with van der Waals surface area (Å²) in [5, 5.41) is 13.8. The highest BCUT2D eigenvalue weighted by molar-refractivity contribution is 5.92. The molecule has 22 heavy (non-hydrogen) atoms. The van der Waals surface area contributed by atoms with Crippen molar-refractivity contribution < 1.29 is 9.53 Å². The number of aromatic nitrogens is 2. The summed E-state index contributed by atoms with van der Waals surface area (Å²) in [6, 6.07) is 9.53. The van der Waals surface area contributed by atoms with Gasteiger partial charge in [0.25, 0.3) is 5.91 Å². The minimum atomic E-state index is -0.262. The van der Waals surface area contributed by atoms with Crippen LogP contribution in [0.1, 0.15) is 21.6 Å². The van der Waals surface area contributed by atoms with Gasteiger partial charge in [-0.3, -0.25) is 4.79 Å². The molecule has 1 aromatic carbocycles. The predicted octanol–water partition coefficient (Wildman–Crippen LogP) is 2.21. The smallest absolute Gasteiger partial charge is 0.271 e. The number of methoxy groups -OCH3 is 1. The van der Waals surface area contributed by atoms with Gasteiger partial charge in [0.05, 0.1) is 6.61 Å².